The number of anilines is 1. The van der Waals surface area contributed by atoms with E-state index < -0.39 is 23.9 Å². The zero-order valence-electron chi connectivity index (χ0n) is 12.7. The molecule has 1 atom stereocenters. The number of carbonyl (C=O) groups is 3. The lowest BCUT2D eigenvalue weighted by Crippen LogP contribution is -2.37. The van der Waals surface area contributed by atoms with Gasteiger partial charge in [-0.05, 0) is 29.3 Å². The van der Waals surface area contributed by atoms with E-state index in [4.69, 9.17) is 4.74 Å². The Labute approximate surface area is 138 Å². The molecule has 0 spiro atoms. The molecule has 0 unspecified atom stereocenters. The zero-order valence-corrected chi connectivity index (χ0v) is 12.7. The first kappa shape index (κ1) is 15.7. The van der Waals surface area contributed by atoms with Gasteiger partial charge in [-0.15, -0.1) is 0 Å². The normalized spacial score (nSPS) is 16.0. The molecule has 0 saturated heterocycles. The van der Waals surface area contributed by atoms with Crippen molar-refractivity contribution in [2.24, 2.45) is 0 Å². The van der Waals surface area contributed by atoms with Gasteiger partial charge in [-0.1, -0.05) is 30.3 Å². The van der Waals surface area contributed by atoms with Crippen molar-refractivity contribution in [2.75, 3.05) is 5.32 Å². The van der Waals surface area contributed by atoms with E-state index in [0.29, 0.717) is 23.2 Å². The predicted octanol–water partition coefficient (Wildman–Crippen LogP) is 0.699. The number of carboxylic acid groups (broad SMARTS) is 1. The molecule has 2 aromatic carbocycles. The molecule has 1 N–H and O–H groups in total. The van der Waals surface area contributed by atoms with Gasteiger partial charge in [0.2, 0.25) is 0 Å². The smallest absolute Gasteiger partial charge is 0.339 e. The molecule has 6 heteroatoms. The second kappa shape index (κ2) is 6.54. The molecule has 1 aliphatic rings. The van der Waals surface area contributed by atoms with Gasteiger partial charge in [0.25, 0.3) is 5.91 Å². The Balaban J connectivity index is 1.67. The number of rotatable bonds is 4. The first-order valence-electron chi connectivity index (χ1n) is 7.41. The number of carboxylic acids is 1. The molecule has 3 rings (SSSR count). The Bertz CT molecular complexity index is 797. The van der Waals surface area contributed by atoms with Crippen LogP contribution in [0.4, 0.5) is 5.69 Å². The van der Waals surface area contributed by atoms with E-state index in [0.717, 1.165) is 5.56 Å². The Morgan fingerprint density at radius 2 is 1.83 bits per heavy atom. The van der Waals surface area contributed by atoms with Crippen LogP contribution in [0.3, 0.4) is 0 Å². The first-order valence-corrected chi connectivity index (χ1v) is 7.41. The minimum atomic E-state index is -1.17. The van der Waals surface area contributed by atoms with Crippen LogP contribution in [0.1, 0.15) is 21.5 Å². The maximum atomic E-state index is 12.3. The Morgan fingerprint density at radius 3 is 2.54 bits per heavy atom. The van der Waals surface area contributed by atoms with Crippen molar-refractivity contribution in [2.45, 2.75) is 18.9 Å². The van der Waals surface area contributed by atoms with Gasteiger partial charge in [0.15, 0.2) is 6.10 Å². The van der Waals surface area contributed by atoms with Gasteiger partial charge in [0.05, 0.1) is 5.56 Å². The molecule has 2 aromatic rings. The maximum absolute atomic E-state index is 12.3. The quantitative estimate of drug-likeness (QED) is 0.835. The van der Waals surface area contributed by atoms with E-state index in [2.05, 4.69) is 5.32 Å². The van der Waals surface area contributed by atoms with Crippen LogP contribution >= 0.6 is 0 Å². The van der Waals surface area contributed by atoms with E-state index in [1.807, 2.05) is 6.07 Å². The van der Waals surface area contributed by atoms with Crippen LogP contribution in [0.15, 0.2) is 48.5 Å². The Morgan fingerprint density at radius 1 is 1.12 bits per heavy atom. The Hall–Kier alpha value is -3.15. The summed E-state index contributed by atoms with van der Waals surface area (Å²) >= 11 is 0. The number of hydrogen-bond donors (Lipinski definition) is 1. The summed E-state index contributed by atoms with van der Waals surface area (Å²) in [5, 5.41) is 13.2. The fourth-order valence-corrected chi connectivity index (χ4v) is 2.57. The molecular formula is C18H14NO5-. The maximum Gasteiger partial charge on any atom is 0.339 e. The van der Waals surface area contributed by atoms with E-state index in [1.54, 1.807) is 42.5 Å². The number of benzene rings is 2. The highest BCUT2D eigenvalue weighted by Gasteiger charge is 2.30. The van der Waals surface area contributed by atoms with Gasteiger partial charge >= 0.3 is 5.97 Å². The van der Waals surface area contributed by atoms with Gasteiger partial charge < -0.3 is 20.0 Å². The number of carbonyl (C=O) groups excluding carboxylic acids is 3. The van der Waals surface area contributed by atoms with Crippen LogP contribution in [0.5, 0.6) is 0 Å². The summed E-state index contributed by atoms with van der Waals surface area (Å²) in [6.45, 7) is 0. The lowest BCUT2D eigenvalue weighted by Gasteiger charge is -2.23. The van der Waals surface area contributed by atoms with Crippen molar-refractivity contribution in [3.8, 4) is 0 Å². The Kier molecular flexibility index (Phi) is 4.29. The number of fused-ring (bicyclic) bond motifs is 1. The van der Waals surface area contributed by atoms with E-state index in [-0.39, 0.29) is 6.42 Å². The van der Waals surface area contributed by atoms with Crippen LogP contribution in [-0.4, -0.2) is 23.9 Å². The van der Waals surface area contributed by atoms with Crippen LogP contribution in [0.2, 0.25) is 0 Å². The molecule has 0 aliphatic carbocycles. The molecule has 0 aromatic heterocycles. The van der Waals surface area contributed by atoms with Crippen molar-refractivity contribution in [1.29, 1.82) is 0 Å². The van der Waals surface area contributed by atoms with Crippen molar-refractivity contribution >= 4 is 23.5 Å². The van der Waals surface area contributed by atoms with Crippen LogP contribution in [0, 0.1) is 0 Å². The zero-order chi connectivity index (χ0) is 17.1. The highest BCUT2D eigenvalue weighted by atomic mass is 16.5. The van der Waals surface area contributed by atoms with Crippen molar-refractivity contribution in [3.05, 3.63) is 65.2 Å². The summed E-state index contributed by atoms with van der Waals surface area (Å²) in [5.74, 6) is -2.11. The molecule has 0 bridgehead atoms. The molecule has 6 nitrogen and oxygen atoms in total. The van der Waals surface area contributed by atoms with Crippen molar-refractivity contribution < 1.29 is 24.2 Å². The predicted molar refractivity (Wildman–Crippen MR) is 83.1 cm³/mol. The molecule has 0 fully saturated rings. The molecule has 0 radical (unpaired) electrons. The third kappa shape index (κ3) is 3.43. The summed E-state index contributed by atoms with van der Waals surface area (Å²) in [6, 6.07) is 13.4. The standard InChI is InChI=1S/C18H15NO5/c20-16(21)9-11-5-7-13(8-6-11)19-17(22)15-10-12-3-1-2-4-14(12)18(23)24-15/h1-8,15H,9-10H2,(H,19,22)(H,20,21)/p-1/t15-/m1/s1. The molecular weight excluding hydrogens is 310 g/mol. The summed E-state index contributed by atoms with van der Waals surface area (Å²) in [7, 11) is 0. The summed E-state index contributed by atoms with van der Waals surface area (Å²) in [4.78, 5) is 34.8. The van der Waals surface area contributed by atoms with Crippen molar-refractivity contribution in [1.82, 2.24) is 0 Å². The lowest BCUT2D eigenvalue weighted by atomic mass is 9.98. The monoisotopic (exact) mass is 324 g/mol. The van der Waals surface area contributed by atoms with Gasteiger partial charge in [0, 0.05) is 24.5 Å². The number of hydrogen-bond acceptors (Lipinski definition) is 5. The number of cyclic esters (lactones) is 1. The third-order valence-corrected chi connectivity index (χ3v) is 3.75. The minimum Gasteiger partial charge on any atom is -0.550 e. The fourth-order valence-electron chi connectivity index (χ4n) is 2.57. The minimum absolute atomic E-state index is 0.189. The lowest BCUT2D eigenvalue weighted by molar-refractivity contribution is -0.304. The average Bonchev–Trinajstić information content (AvgIpc) is 2.56. The van der Waals surface area contributed by atoms with Gasteiger partial charge in [0.1, 0.15) is 0 Å². The van der Waals surface area contributed by atoms with Crippen molar-refractivity contribution in [3.63, 3.8) is 0 Å². The van der Waals surface area contributed by atoms with Crippen LogP contribution < -0.4 is 10.4 Å². The number of nitrogens with one attached hydrogen (secondary N) is 1. The van der Waals surface area contributed by atoms with Gasteiger partial charge in [-0.3, -0.25) is 4.79 Å². The third-order valence-electron chi connectivity index (χ3n) is 3.75. The number of amides is 1. The van der Waals surface area contributed by atoms with Gasteiger partial charge in [-0.2, -0.15) is 0 Å². The fraction of sp³-hybridized carbons (Fsp3) is 0.167. The first-order chi connectivity index (χ1) is 11.5. The van der Waals surface area contributed by atoms with E-state index >= 15 is 0 Å². The second-order valence-electron chi connectivity index (χ2n) is 5.49. The SMILES string of the molecule is O=C([O-])Cc1ccc(NC(=O)[C@H]2Cc3ccccc3C(=O)O2)cc1. The molecule has 1 aliphatic heterocycles. The average molecular weight is 324 g/mol. The number of esters is 1. The summed E-state index contributed by atoms with van der Waals surface area (Å²) in [5.41, 5.74) is 2.33. The highest BCUT2D eigenvalue weighted by molar-refractivity contribution is 6.00. The van der Waals surface area contributed by atoms with E-state index in [1.165, 1.54) is 0 Å². The highest BCUT2D eigenvalue weighted by Crippen LogP contribution is 2.21. The summed E-state index contributed by atoms with van der Waals surface area (Å²) < 4.78 is 5.19. The largest absolute Gasteiger partial charge is 0.550 e. The second-order valence-corrected chi connectivity index (χ2v) is 5.49. The van der Waals surface area contributed by atoms with Crippen LogP contribution in [0.25, 0.3) is 0 Å². The number of ether oxygens (including phenoxy) is 1. The summed E-state index contributed by atoms with van der Waals surface area (Å²) in [6.07, 6.45) is -0.766. The molecule has 1 amide bonds. The molecule has 122 valence electrons. The molecule has 0 saturated carbocycles. The topological polar surface area (TPSA) is 95.5 Å². The van der Waals surface area contributed by atoms with E-state index in [9.17, 15) is 19.5 Å². The molecule has 24 heavy (non-hydrogen) atoms. The number of aliphatic carboxylic acids is 1. The van der Waals surface area contributed by atoms with Gasteiger partial charge in [-0.25, -0.2) is 4.79 Å². The van der Waals surface area contributed by atoms with Crippen LogP contribution in [-0.2, 0) is 27.2 Å². The molecule has 1 heterocycles.